The molecule has 3 amide bonds. The third-order valence-electron chi connectivity index (χ3n) is 2.73. The third-order valence-corrected chi connectivity index (χ3v) is 3.90. The molecule has 5 heteroatoms. The van der Waals surface area contributed by atoms with Crippen LogP contribution in [0.3, 0.4) is 0 Å². The second kappa shape index (κ2) is 4.25. The lowest BCUT2D eigenvalue weighted by atomic mass is 10.2. The highest BCUT2D eigenvalue weighted by Gasteiger charge is 2.28. The van der Waals surface area contributed by atoms with E-state index in [0.29, 0.717) is 13.0 Å². The van der Waals surface area contributed by atoms with Crippen LogP contribution in [-0.2, 0) is 4.79 Å². The van der Waals surface area contributed by atoms with Crippen LogP contribution in [0.4, 0.5) is 4.79 Å². The van der Waals surface area contributed by atoms with Gasteiger partial charge in [-0.1, -0.05) is 0 Å². The lowest BCUT2D eigenvalue weighted by Gasteiger charge is -2.31. The van der Waals surface area contributed by atoms with Crippen LogP contribution in [0.25, 0.3) is 0 Å². The number of thiophene rings is 1. The summed E-state index contributed by atoms with van der Waals surface area (Å²) in [6.07, 6.45) is 0.389. The van der Waals surface area contributed by atoms with Crippen molar-refractivity contribution in [1.82, 2.24) is 10.2 Å². The van der Waals surface area contributed by atoms with Gasteiger partial charge in [-0.25, -0.2) is 4.79 Å². The van der Waals surface area contributed by atoms with Gasteiger partial charge in [0.05, 0.1) is 6.04 Å². The van der Waals surface area contributed by atoms with Crippen LogP contribution >= 0.6 is 11.3 Å². The van der Waals surface area contributed by atoms with Gasteiger partial charge in [0, 0.05) is 22.7 Å². The summed E-state index contributed by atoms with van der Waals surface area (Å²) < 4.78 is 0. The minimum absolute atomic E-state index is 0.0341. The summed E-state index contributed by atoms with van der Waals surface area (Å²) in [4.78, 5) is 26.7. The van der Waals surface area contributed by atoms with E-state index < -0.39 is 0 Å². The smallest absolute Gasteiger partial charge is 0.316 e. The molecule has 1 aliphatic heterocycles. The fraction of sp³-hybridized carbons (Fsp3) is 0.455. The van der Waals surface area contributed by atoms with Crippen LogP contribution in [0.2, 0.25) is 0 Å². The van der Waals surface area contributed by atoms with Crippen molar-refractivity contribution in [3.8, 4) is 0 Å². The second-order valence-corrected chi connectivity index (χ2v) is 5.24. The van der Waals surface area contributed by atoms with Crippen LogP contribution < -0.4 is 5.32 Å². The van der Waals surface area contributed by atoms with Crippen LogP contribution in [0.5, 0.6) is 0 Å². The zero-order chi connectivity index (χ0) is 11.7. The SMILES string of the molecule is Cc1ccc(C(C)N2CCC(=O)NC2=O)s1. The maximum Gasteiger partial charge on any atom is 0.324 e. The van der Waals surface area contributed by atoms with Crippen molar-refractivity contribution in [3.05, 3.63) is 21.9 Å². The highest BCUT2D eigenvalue weighted by molar-refractivity contribution is 7.12. The predicted octanol–water partition coefficient (Wildman–Crippen LogP) is 2.06. The number of hydrogen-bond acceptors (Lipinski definition) is 3. The molecule has 0 radical (unpaired) electrons. The minimum atomic E-state index is -0.283. The van der Waals surface area contributed by atoms with Gasteiger partial charge in [0.15, 0.2) is 0 Å². The average molecular weight is 238 g/mol. The van der Waals surface area contributed by atoms with Crippen molar-refractivity contribution in [1.29, 1.82) is 0 Å². The number of rotatable bonds is 2. The summed E-state index contributed by atoms with van der Waals surface area (Å²) in [5.74, 6) is -0.184. The van der Waals surface area contributed by atoms with E-state index in [-0.39, 0.29) is 18.0 Å². The molecule has 0 aromatic carbocycles. The molecule has 1 aromatic heterocycles. The second-order valence-electron chi connectivity index (χ2n) is 3.92. The van der Waals surface area contributed by atoms with Crippen molar-refractivity contribution in [3.63, 3.8) is 0 Å². The summed E-state index contributed by atoms with van der Waals surface area (Å²) in [5.41, 5.74) is 0. The van der Waals surface area contributed by atoms with Crippen molar-refractivity contribution >= 4 is 23.3 Å². The Morgan fingerprint density at radius 2 is 2.19 bits per heavy atom. The van der Waals surface area contributed by atoms with Gasteiger partial charge in [-0.2, -0.15) is 0 Å². The Kier molecular flexibility index (Phi) is 2.96. The van der Waals surface area contributed by atoms with E-state index in [9.17, 15) is 9.59 Å². The molecule has 2 rings (SSSR count). The van der Waals surface area contributed by atoms with Crippen LogP contribution in [0, 0.1) is 6.92 Å². The van der Waals surface area contributed by atoms with Crippen LogP contribution in [0.15, 0.2) is 12.1 Å². The summed E-state index contributed by atoms with van der Waals surface area (Å²) in [6.45, 7) is 4.53. The summed E-state index contributed by atoms with van der Waals surface area (Å²) in [7, 11) is 0. The third kappa shape index (κ3) is 2.09. The van der Waals surface area contributed by atoms with Crippen LogP contribution in [-0.4, -0.2) is 23.4 Å². The number of hydrogen-bond donors (Lipinski definition) is 1. The number of aryl methyl sites for hydroxylation is 1. The van der Waals surface area contributed by atoms with E-state index in [2.05, 4.69) is 5.32 Å². The molecule has 1 saturated heterocycles. The number of urea groups is 1. The quantitative estimate of drug-likeness (QED) is 0.857. The number of carbonyl (C=O) groups is 2. The molecule has 1 aromatic rings. The highest BCUT2D eigenvalue weighted by atomic mass is 32.1. The molecular weight excluding hydrogens is 224 g/mol. The molecule has 4 nitrogen and oxygen atoms in total. The number of imide groups is 1. The molecule has 2 heterocycles. The number of nitrogens with one attached hydrogen (secondary N) is 1. The summed E-state index contributed by atoms with van der Waals surface area (Å²) in [5, 5.41) is 2.34. The van der Waals surface area contributed by atoms with Gasteiger partial charge in [0.2, 0.25) is 5.91 Å². The minimum Gasteiger partial charge on any atom is -0.316 e. The topological polar surface area (TPSA) is 49.4 Å². The maximum absolute atomic E-state index is 11.6. The van der Waals surface area contributed by atoms with Gasteiger partial charge in [-0.05, 0) is 26.0 Å². The fourth-order valence-electron chi connectivity index (χ4n) is 1.78. The molecule has 1 N–H and O–H groups in total. The number of amides is 3. The first-order chi connectivity index (χ1) is 7.58. The largest absolute Gasteiger partial charge is 0.324 e. The normalized spacial score (nSPS) is 18.5. The average Bonchev–Trinajstić information content (AvgIpc) is 2.64. The number of carbonyl (C=O) groups excluding carboxylic acids is 2. The van der Waals surface area contributed by atoms with E-state index in [1.807, 2.05) is 26.0 Å². The zero-order valence-electron chi connectivity index (χ0n) is 9.32. The van der Waals surface area contributed by atoms with E-state index >= 15 is 0 Å². The van der Waals surface area contributed by atoms with Gasteiger partial charge in [-0.3, -0.25) is 10.1 Å². The monoisotopic (exact) mass is 238 g/mol. The van der Waals surface area contributed by atoms with Crippen LogP contribution in [0.1, 0.15) is 29.1 Å². The molecule has 0 spiro atoms. The summed E-state index contributed by atoms with van der Waals surface area (Å²) >= 11 is 1.69. The Labute approximate surface area is 98.3 Å². The Morgan fingerprint density at radius 3 is 2.75 bits per heavy atom. The molecular formula is C11H14N2O2S. The summed E-state index contributed by atoms with van der Waals surface area (Å²) in [6, 6.07) is 3.83. The lowest BCUT2D eigenvalue weighted by Crippen LogP contribution is -2.50. The van der Waals surface area contributed by atoms with Crippen molar-refractivity contribution in [2.45, 2.75) is 26.3 Å². The van der Waals surface area contributed by atoms with Gasteiger partial charge < -0.3 is 4.90 Å². The molecule has 1 atom stereocenters. The molecule has 0 aliphatic carbocycles. The predicted molar refractivity (Wildman–Crippen MR) is 62.3 cm³/mol. The Bertz CT molecular complexity index is 427. The molecule has 1 aliphatic rings. The van der Waals surface area contributed by atoms with E-state index in [4.69, 9.17) is 0 Å². The molecule has 0 saturated carbocycles. The Hall–Kier alpha value is -1.36. The van der Waals surface area contributed by atoms with E-state index in [0.717, 1.165) is 4.88 Å². The first kappa shape index (κ1) is 11.1. The molecule has 1 fully saturated rings. The Balaban J connectivity index is 2.13. The number of nitrogens with zero attached hydrogens (tertiary/aromatic N) is 1. The first-order valence-corrected chi connectivity index (χ1v) is 6.06. The standard InChI is InChI=1S/C11H14N2O2S/c1-7-3-4-9(16-7)8(2)13-6-5-10(14)12-11(13)15/h3-4,8H,5-6H2,1-2H3,(H,12,14,15). The van der Waals surface area contributed by atoms with Crippen molar-refractivity contribution < 1.29 is 9.59 Å². The van der Waals surface area contributed by atoms with Crippen molar-refractivity contribution in [2.24, 2.45) is 0 Å². The fourth-order valence-corrected chi connectivity index (χ4v) is 2.72. The van der Waals surface area contributed by atoms with E-state index in [1.165, 1.54) is 4.88 Å². The van der Waals surface area contributed by atoms with Gasteiger partial charge in [0.25, 0.3) is 0 Å². The molecule has 1 unspecified atom stereocenters. The van der Waals surface area contributed by atoms with Gasteiger partial charge in [0.1, 0.15) is 0 Å². The first-order valence-electron chi connectivity index (χ1n) is 5.24. The van der Waals surface area contributed by atoms with E-state index in [1.54, 1.807) is 16.2 Å². The highest BCUT2D eigenvalue weighted by Crippen LogP contribution is 2.28. The molecule has 0 bridgehead atoms. The van der Waals surface area contributed by atoms with Gasteiger partial charge in [-0.15, -0.1) is 11.3 Å². The Morgan fingerprint density at radius 1 is 1.44 bits per heavy atom. The molecule has 86 valence electrons. The maximum atomic E-state index is 11.6. The zero-order valence-corrected chi connectivity index (χ0v) is 10.1. The van der Waals surface area contributed by atoms with Gasteiger partial charge >= 0.3 is 6.03 Å². The molecule has 16 heavy (non-hydrogen) atoms. The van der Waals surface area contributed by atoms with Crippen molar-refractivity contribution in [2.75, 3.05) is 6.54 Å². The lowest BCUT2D eigenvalue weighted by molar-refractivity contribution is -0.121.